The van der Waals surface area contributed by atoms with Crippen molar-refractivity contribution in [3.63, 3.8) is 0 Å². The summed E-state index contributed by atoms with van der Waals surface area (Å²) < 4.78 is 11.8. The molecule has 0 aliphatic heterocycles. The number of rotatable bonds is 8. The SMILES string of the molecule is [Br-].[Br-].[Br-].[Br-].[Sn+4].[c-]1ccccc1.[c-]1ccccc1.c1cc[c]([Sb+]([c]2ccccc2)([c]2ccccc2)[c]2ccccc2)cc1.c1cc[c]([Sb+]([c]2ccccc2)([c]2ccccc2)[c]2ccccc2)cc1. The van der Waals surface area contributed by atoms with Gasteiger partial charge in [0.25, 0.3) is 0 Å². The van der Waals surface area contributed by atoms with E-state index >= 15 is 0 Å². The maximum atomic E-state index is 2.89. The molecule has 0 aliphatic rings. The van der Waals surface area contributed by atoms with Gasteiger partial charge in [-0.3, -0.25) is 0 Å². The Morgan fingerprint density at radius 2 is 0.299 bits per heavy atom. The van der Waals surface area contributed by atoms with E-state index in [9.17, 15) is 0 Å². The Bertz CT molecular complexity index is 2120. The number of hydrogen-bond donors (Lipinski definition) is 0. The second-order valence-corrected chi connectivity index (χ2v) is 33.6. The Morgan fingerprint density at radius 3 is 0.388 bits per heavy atom. The third kappa shape index (κ3) is 15.8. The Kier molecular flexibility index (Phi) is 29.5. The molecule has 0 unspecified atom stereocenters. The molecule has 10 rings (SSSR count). The van der Waals surface area contributed by atoms with Crippen molar-refractivity contribution >= 4 is 89.6 Å². The van der Waals surface area contributed by atoms with E-state index in [1.165, 1.54) is 28.1 Å². The van der Waals surface area contributed by atoms with Gasteiger partial charge in [0.1, 0.15) is 0 Å². The van der Waals surface area contributed by atoms with E-state index in [1.54, 1.807) is 0 Å². The summed E-state index contributed by atoms with van der Waals surface area (Å²) in [6.07, 6.45) is 0. The van der Waals surface area contributed by atoms with Crippen molar-refractivity contribution in [1.82, 2.24) is 0 Å². The van der Waals surface area contributed by atoms with Crippen LogP contribution in [-0.4, -0.2) is 61.5 Å². The molecule has 67 heavy (non-hydrogen) atoms. The summed E-state index contributed by atoms with van der Waals surface area (Å²) in [6.45, 7) is 0. The van der Waals surface area contributed by atoms with Crippen LogP contribution in [0.3, 0.4) is 0 Å². The average Bonchev–Trinajstić information content (AvgIpc) is 3.39. The molecule has 0 saturated heterocycles. The van der Waals surface area contributed by atoms with E-state index in [1.807, 2.05) is 60.7 Å². The maximum absolute atomic E-state index is 3.17. The summed E-state index contributed by atoms with van der Waals surface area (Å²) in [5.41, 5.74) is 0. The molecule has 0 bridgehead atoms. The normalized spacial score (nSPS) is 9.79. The van der Waals surface area contributed by atoms with Crippen LogP contribution >= 0.6 is 0 Å². The Labute approximate surface area is 467 Å². The van der Waals surface area contributed by atoms with Gasteiger partial charge in [-0.25, -0.2) is 0 Å². The Morgan fingerprint density at radius 1 is 0.179 bits per heavy atom. The van der Waals surface area contributed by atoms with Crippen molar-refractivity contribution in [3.05, 3.63) is 315 Å². The summed E-state index contributed by atoms with van der Waals surface area (Å²) >= 11 is -6.33. The fourth-order valence-electron chi connectivity index (χ4n) is 7.69. The minimum absolute atomic E-state index is 0. The van der Waals surface area contributed by atoms with Crippen LogP contribution in [0.2, 0.25) is 0 Å². The molecule has 0 radical (unpaired) electrons. The summed E-state index contributed by atoms with van der Waals surface area (Å²) in [4.78, 5) is 0. The first-order chi connectivity index (χ1) is 30.8. The van der Waals surface area contributed by atoms with Crippen molar-refractivity contribution in [1.29, 1.82) is 0 Å². The summed E-state index contributed by atoms with van der Waals surface area (Å²) in [7, 11) is 0. The topological polar surface area (TPSA) is 0 Å². The van der Waals surface area contributed by atoms with Gasteiger partial charge in [-0.05, 0) is 0 Å². The molecule has 332 valence electrons. The van der Waals surface area contributed by atoms with Gasteiger partial charge in [-0.1, -0.05) is 0 Å². The fraction of sp³-hybridized carbons (Fsp3) is 0. The van der Waals surface area contributed by atoms with E-state index in [0.29, 0.717) is 0 Å². The molecule has 0 amide bonds. The van der Waals surface area contributed by atoms with Crippen molar-refractivity contribution < 1.29 is 67.9 Å². The first kappa shape index (κ1) is 59.7. The van der Waals surface area contributed by atoms with E-state index in [0.717, 1.165) is 0 Å². The fourth-order valence-corrected chi connectivity index (χ4v) is 32.0. The first-order valence-corrected chi connectivity index (χ1v) is 31.1. The number of halogens is 4. The summed E-state index contributed by atoms with van der Waals surface area (Å²) in [5.74, 6) is 0. The monoisotopic (exact) mass is 1450 g/mol. The van der Waals surface area contributed by atoms with Crippen molar-refractivity contribution in [2.45, 2.75) is 0 Å². The van der Waals surface area contributed by atoms with Crippen LogP contribution in [0.1, 0.15) is 0 Å². The van der Waals surface area contributed by atoms with Gasteiger partial charge in [-0.2, -0.15) is 72.8 Å². The predicted molar refractivity (Wildman–Crippen MR) is 276 cm³/mol. The minimum atomic E-state index is -3.17. The molecule has 0 aliphatic carbocycles. The van der Waals surface area contributed by atoms with Gasteiger partial charge < -0.3 is 67.9 Å². The van der Waals surface area contributed by atoms with Gasteiger partial charge in [0.15, 0.2) is 0 Å². The standard InChI is InChI=1S/10C6H5.4BrH.2Sb.Sn/c10*1-2-4-6-5-3-1;;;;;;;/h10*1-5H;4*1H;;;/q;;;;;;;;2*-1;;;;;2*+1;+4/p-4. The third-order valence-electron chi connectivity index (χ3n) is 10.4. The van der Waals surface area contributed by atoms with Gasteiger partial charge in [0.05, 0.1) is 0 Å². The van der Waals surface area contributed by atoms with E-state index in [2.05, 4.69) is 255 Å². The molecule has 0 nitrogen and oxygen atoms in total. The molecule has 0 heterocycles. The molecule has 0 N–H and O–H groups in total. The molecule has 10 aromatic rings. The van der Waals surface area contributed by atoms with Gasteiger partial charge >= 0.3 is 332 Å². The second-order valence-electron chi connectivity index (χ2n) is 14.2. The molecule has 0 spiro atoms. The Hall–Kier alpha value is -3.44. The molecule has 7 heteroatoms. The van der Waals surface area contributed by atoms with E-state index < -0.39 is 37.6 Å². The van der Waals surface area contributed by atoms with Gasteiger partial charge in [-0.15, -0.1) is 0 Å². The summed E-state index contributed by atoms with van der Waals surface area (Å²) in [5, 5.41) is 0. The molecule has 0 aromatic heterocycles. The van der Waals surface area contributed by atoms with Crippen LogP contribution in [0.25, 0.3) is 0 Å². The molecule has 0 atom stereocenters. The molecule has 10 aromatic carbocycles. The second kappa shape index (κ2) is 33.2. The van der Waals surface area contributed by atoms with Crippen LogP contribution in [0, 0.1) is 12.1 Å². The van der Waals surface area contributed by atoms with Crippen LogP contribution in [0.15, 0.2) is 303 Å². The quantitative estimate of drug-likeness (QED) is 0.111. The first-order valence-electron chi connectivity index (χ1n) is 20.9. The number of hydrogen-bond acceptors (Lipinski definition) is 0. The van der Waals surface area contributed by atoms with E-state index in [-0.39, 0.29) is 91.8 Å². The number of benzene rings is 10. The van der Waals surface area contributed by atoms with Crippen molar-refractivity contribution in [3.8, 4) is 0 Å². The van der Waals surface area contributed by atoms with Crippen molar-refractivity contribution in [2.75, 3.05) is 0 Å². The van der Waals surface area contributed by atoms with Gasteiger partial charge in [0, 0.05) is 0 Å². The van der Waals surface area contributed by atoms with Crippen LogP contribution in [0.5, 0.6) is 0 Å². The zero-order valence-corrected chi connectivity index (χ0v) is 51.1. The van der Waals surface area contributed by atoms with Crippen molar-refractivity contribution in [2.24, 2.45) is 0 Å². The van der Waals surface area contributed by atoms with Crippen LogP contribution < -0.4 is 96.0 Å². The zero-order valence-electron chi connectivity index (χ0n) is 36.8. The summed E-state index contributed by atoms with van der Waals surface area (Å²) in [6, 6.07) is 114. The third-order valence-corrected chi connectivity index (χ3v) is 34.9. The molecular formula is C60H50Br4Sb2Sn. The molecular weight excluding hydrogens is 1400 g/mol. The predicted octanol–water partition coefficient (Wildman–Crippen LogP) is -3.26. The van der Waals surface area contributed by atoms with Crippen LogP contribution in [0.4, 0.5) is 0 Å². The Balaban J connectivity index is 0.000000347. The average molecular weight is 1450 g/mol. The zero-order chi connectivity index (χ0) is 42.4. The molecule has 0 saturated carbocycles. The van der Waals surface area contributed by atoms with Crippen LogP contribution in [-0.2, 0) is 0 Å². The van der Waals surface area contributed by atoms with E-state index in [4.69, 9.17) is 0 Å². The van der Waals surface area contributed by atoms with Gasteiger partial charge in [0.2, 0.25) is 0 Å². The molecule has 0 fully saturated rings.